The molecule has 16 heavy (non-hydrogen) atoms. The number of rotatable bonds is 4. The predicted molar refractivity (Wildman–Crippen MR) is 70.3 cm³/mol. The second-order valence-corrected chi connectivity index (χ2v) is 4.95. The van der Waals surface area contributed by atoms with Crippen molar-refractivity contribution in [2.24, 2.45) is 0 Å². The number of anilines is 1. The third-order valence-corrected chi connectivity index (χ3v) is 3.76. The van der Waals surface area contributed by atoms with Gasteiger partial charge in [0.05, 0.1) is 0 Å². The summed E-state index contributed by atoms with van der Waals surface area (Å²) in [6.07, 6.45) is 2.95. The van der Waals surface area contributed by atoms with E-state index in [0.29, 0.717) is 0 Å². The number of aromatic nitrogens is 1. The van der Waals surface area contributed by atoms with E-state index in [1.54, 1.807) is 11.3 Å². The van der Waals surface area contributed by atoms with Gasteiger partial charge >= 0.3 is 0 Å². The molecule has 1 heterocycles. The topological polar surface area (TPSA) is 24.9 Å². The van der Waals surface area contributed by atoms with Gasteiger partial charge in [0.25, 0.3) is 0 Å². The summed E-state index contributed by atoms with van der Waals surface area (Å²) >= 11 is 7.76. The average Bonchev–Trinajstić information content (AvgIpc) is 2.76. The largest absolute Gasteiger partial charge is 0.357 e. The van der Waals surface area contributed by atoms with Crippen molar-refractivity contribution in [2.75, 3.05) is 5.32 Å². The lowest BCUT2D eigenvalue weighted by Gasteiger charge is -2.04. The molecule has 0 fully saturated rings. The molecule has 2 rings (SSSR count). The molecule has 0 saturated carbocycles. The average molecular weight is 253 g/mol. The Bertz CT molecular complexity index is 468. The van der Waals surface area contributed by atoms with Gasteiger partial charge in [-0.15, -0.1) is 11.3 Å². The number of thiazole rings is 1. The van der Waals surface area contributed by atoms with Crippen LogP contribution in [0.3, 0.4) is 0 Å². The number of benzene rings is 1. The fraction of sp³-hybridized carbons (Fsp3) is 0.250. The van der Waals surface area contributed by atoms with Crippen LogP contribution in [0.2, 0.25) is 5.02 Å². The Balaban J connectivity index is 1.99. The van der Waals surface area contributed by atoms with Crippen LogP contribution in [0.1, 0.15) is 17.4 Å². The molecule has 0 saturated heterocycles. The summed E-state index contributed by atoms with van der Waals surface area (Å²) in [6, 6.07) is 7.84. The van der Waals surface area contributed by atoms with Crippen molar-refractivity contribution in [3.05, 3.63) is 45.9 Å². The van der Waals surface area contributed by atoms with E-state index in [-0.39, 0.29) is 0 Å². The number of nitrogens with zero attached hydrogens (tertiary/aromatic N) is 1. The molecule has 1 N–H and O–H groups in total. The Hall–Kier alpha value is -1.06. The SMILES string of the molecule is CCc1cnc(NCc2ccccc2Cl)s1. The normalized spacial score (nSPS) is 10.4. The van der Waals surface area contributed by atoms with E-state index in [0.717, 1.165) is 28.7 Å². The highest BCUT2D eigenvalue weighted by atomic mass is 35.5. The maximum atomic E-state index is 6.07. The van der Waals surface area contributed by atoms with Gasteiger partial charge in [0.1, 0.15) is 0 Å². The van der Waals surface area contributed by atoms with Gasteiger partial charge in [0.15, 0.2) is 5.13 Å². The minimum atomic E-state index is 0.719. The maximum Gasteiger partial charge on any atom is 0.183 e. The molecular weight excluding hydrogens is 240 g/mol. The van der Waals surface area contributed by atoms with Gasteiger partial charge in [0, 0.05) is 22.6 Å². The van der Waals surface area contributed by atoms with Crippen LogP contribution in [0, 0.1) is 0 Å². The highest BCUT2D eigenvalue weighted by Gasteiger charge is 2.02. The molecule has 2 nitrogen and oxygen atoms in total. The number of aryl methyl sites for hydroxylation is 1. The summed E-state index contributed by atoms with van der Waals surface area (Å²) in [4.78, 5) is 5.59. The van der Waals surface area contributed by atoms with Gasteiger partial charge in [-0.3, -0.25) is 0 Å². The number of nitrogens with one attached hydrogen (secondary N) is 1. The first-order chi connectivity index (χ1) is 7.79. The highest BCUT2D eigenvalue weighted by molar-refractivity contribution is 7.15. The first-order valence-electron chi connectivity index (χ1n) is 5.21. The molecule has 2 aromatic rings. The van der Waals surface area contributed by atoms with Gasteiger partial charge in [-0.1, -0.05) is 36.7 Å². The first-order valence-corrected chi connectivity index (χ1v) is 6.41. The fourth-order valence-corrected chi connectivity index (χ4v) is 2.32. The van der Waals surface area contributed by atoms with Crippen LogP contribution < -0.4 is 5.32 Å². The summed E-state index contributed by atoms with van der Waals surface area (Å²) in [5, 5.41) is 5.03. The van der Waals surface area contributed by atoms with Crippen molar-refractivity contribution in [1.82, 2.24) is 4.98 Å². The van der Waals surface area contributed by atoms with Crippen LogP contribution in [0.15, 0.2) is 30.5 Å². The van der Waals surface area contributed by atoms with Crippen LogP contribution in [0.25, 0.3) is 0 Å². The van der Waals surface area contributed by atoms with Crippen LogP contribution >= 0.6 is 22.9 Å². The zero-order valence-corrected chi connectivity index (χ0v) is 10.6. The second kappa shape index (κ2) is 5.32. The van der Waals surface area contributed by atoms with Crippen LogP contribution in [0.5, 0.6) is 0 Å². The molecule has 0 spiro atoms. The zero-order chi connectivity index (χ0) is 11.4. The fourth-order valence-electron chi connectivity index (χ4n) is 1.37. The molecular formula is C12H13ClN2S. The summed E-state index contributed by atoms with van der Waals surface area (Å²) in [5.74, 6) is 0. The van der Waals surface area contributed by atoms with E-state index in [1.165, 1.54) is 4.88 Å². The van der Waals surface area contributed by atoms with Gasteiger partial charge < -0.3 is 5.32 Å². The molecule has 1 aromatic carbocycles. The molecule has 0 aliphatic carbocycles. The molecule has 84 valence electrons. The summed E-state index contributed by atoms with van der Waals surface area (Å²) in [7, 11) is 0. The number of hydrogen-bond donors (Lipinski definition) is 1. The van der Waals surface area contributed by atoms with Gasteiger partial charge in [0.2, 0.25) is 0 Å². The Morgan fingerprint density at radius 1 is 1.38 bits per heavy atom. The quantitative estimate of drug-likeness (QED) is 0.891. The minimum absolute atomic E-state index is 0.719. The third kappa shape index (κ3) is 2.74. The molecule has 4 heteroatoms. The van der Waals surface area contributed by atoms with E-state index >= 15 is 0 Å². The van der Waals surface area contributed by atoms with Crippen molar-refractivity contribution in [1.29, 1.82) is 0 Å². The van der Waals surface area contributed by atoms with Crippen molar-refractivity contribution in [3.8, 4) is 0 Å². The van der Waals surface area contributed by atoms with Crippen LogP contribution in [-0.2, 0) is 13.0 Å². The Morgan fingerprint density at radius 3 is 2.88 bits per heavy atom. The molecule has 0 atom stereocenters. The molecule has 1 aromatic heterocycles. The first kappa shape index (κ1) is 11.4. The molecule has 0 aliphatic rings. The van der Waals surface area contributed by atoms with Gasteiger partial charge in [-0.25, -0.2) is 4.98 Å². The molecule has 0 aliphatic heterocycles. The number of hydrogen-bond acceptors (Lipinski definition) is 3. The predicted octanol–water partition coefficient (Wildman–Crippen LogP) is 3.97. The monoisotopic (exact) mass is 252 g/mol. The Labute approximate surface area is 104 Å². The standard InChI is InChI=1S/C12H13ClN2S/c1-2-10-8-15-12(16-10)14-7-9-5-3-4-6-11(9)13/h3-6,8H,2,7H2,1H3,(H,14,15). The molecule has 0 radical (unpaired) electrons. The zero-order valence-electron chi connectivity index (χ0n) is 9.03. The van der Waals surface area contributed by atoms with Crippen LogP contribution in [0.4, 0.5) is 5.13 Å². The van der Waals surface area contributed by atoms with Crippen molar-refractivity contribution in [2.45, 2.75) is 19.9 Å². The van der Waals surface area contributed by atoms with Crippen molar-refractivity contribution >= 4 is 28.1 Å². The van der Waals surface area contributed by atoms with Crippen molar-refractivity contribution < 1.29 is 0 Å². The summed E-state index contributed by atoms with van der Waals surface area (Å²) < 4.78 is 0. The lowest BCUT2D eigenvalue weighted by molar-refractivity contribution is 1.13. The van der Waals surface area contributed by atoms with Crippen LogP contribution in [-0.4, -0.2) is 4.98 Å². The lowest BCUT2D eigenvalue weighted by Crippen LogP contribution is -1.98. The maximum absolute atomic E-state index is 6.07. The highest BCUT2D eigenvalue weighted by Crippen LogP contribution is 2.21. The van der Waals surface area contributed by atoms with E-state index in [1.807, 2.05) is 30.5 Å². The molecule has 0 unspecified atom stereocenters. The van der Waals surface area contributed by atoms with E-state index < -0.39 is 0 Å². The van der Waals surface area contributed by atoms with Gasteiger partial charge in [-0.2, -0.15) is 0 Å². The Morgan fingerprint density at radius 2 is 2.19 bits per heavy atom. The van der Waals surface area contributed by atoms with E-state index in [4.69, 9.17) is 11.6 Å². The minimum Gasteiger partial charge on any atom is -0.357 e. The Kier molecular flexibility index (Phi) is 3.80. The molecule has 0 bridgehead atoms. The van der Waals surface area contributed by atoms with E-state index in [2.05, 4.69) is 17.2 Å². The lowest BCUT2D eigenvalue weighted by atomic mass is 10.2. The summed E-state index contributed by atoms with van der Waals surface area (Å²) in [5.41, 5.74) is 1.09. The van der Waals surface area contributed by atoms with Crippen molar-refractivity contribution in [3.63, 3.8) is 0 Å². The van der Waals surface area contributed by atoms with Gasteiger partial charge in [-0.05, 0) is 18.1 Å². The third-order valence-electron chi connectivity index (χ3n) is 2.29. The smallest absolute Gasteiger partial charge is 0.183 e. The second-order valence-electron chi connectivity index (χ2n) is 3.43. The summed E-state index contributed by atoms with van der Waals surface area (Å²) in [6.45, 7) is 2.85. The molecule has 0 amide bonds. The number of halogens is 1. The van der Waals surface area contributed by atoms with E-state index in [9.17, 15) is 0 Å².